The number of piperidine rings is 1. The van der Waals surface area contributed by atoms with Gasteiger partial charge in [-0.2, -0.15) is 0 Å². The van der Waals surface area contributed by atoms with Crippen LogP contribution in [0.1, 0.15) is 37.6 Å². The lowest BCUT2D eigenvalue weighted by Gasteiger charge is -2.29. The lowest BCUT2D eigenvalue weighted by Crippen LogP contribution is -2.36. The molecule has 0 radical (unpaired) electrons. The minimum atomic E-state index is 0.325. The third-order valence-corrected chi connectivity index (χ3v) is 6.53. The number of imidazole rings is 1. The van der Waals surface area contributed by atoms with Crippen molar-refractivity contribution >= 4 is 0 Å². The number of hydrogen-bond donors (Lipinski definition) is 1. The van der Waals surface area contributed by atoms with Gasteiger partial charge in [-0.05, 0) is 50.8 Å². The second-order valence-corrected chi connectivity index (χ2v) is 8.02. The van der Waals surface area contributed by atoms with Crippen molar-refractivity contribution in [2.45, 2.75) is 51.9 Å². The number of ether oxygens (including phenoxy) is 2. The lowest BCUT2D eigenvalue weighted by molar-refractivity contribution is 0.165. The molecule has 6 heteroatoms. The van der Waals surface area contributed by atoms with Crippen molar-refractivity contribution in [3.63, 3.8) is 0 Å². The van der Waals surface area contributed by atoms with Crippen LogP contribution in [0.3, 0.4) is 0 Å². The van der Waals surface area contributed by atoms with Crippen molar-refractivity contribution in [2.24, 2.45) is 5.41 Å². The molecule has 1 aromatic heterocycles. The van der Waals surface area contributed by atoms with Crippen LogP contribution in [-0.2, 0) is 19.6 Å². The first-order valence-electron chi connectivity index (χ1n) is 10.1. The molecule has 1 unspecified atom stereocenters. The predicted octanol–water partition coefficient (Wildman–Crippen LogP) is 2.78. The molecule has 27 heavy (non-hydrogen) atoms. The summed E-state index contributed by atoms with van der Waals surface area (Å²) in [6, 6.07) is 6.86. The van der Waals surface area contributed by atoms with Crippen molar-refractivity contribution in [1.82, 2.24) is 19.8 Å². The van der Waals surface area contributed by atoms with Crippen LogP contribution in [0, 0.1) is 5.41 Å². The van der Waals surface area contributed by atoms with Gasteiger partial charge in [-0.1, -0.05) is 12.1 Å². The molecule has 2 aliphatic heterocycles. The van der Waals surface area contributed by atoms with E-state index in [4.69, 9.17) is 9.47 Å². The number of nitrogens with zero attached hydrogens (tertiary/aromatic N) is 3. The Morgan fingerprint density at radius 3 is 3.00 bits per heavy atom. The Hall–Kier alpha value is -2.05. The average molecular weight is 368 g/mol. The zero-order valence-electron chi connectivity index (χ0n) is 16.0. The molecule has 2 aromatic rings. The Morgan fingerprint density at radius 2 is 2.15 bits per heavy atom. The summed E-state index contributed by atoms with van der Waals surface area (Å²) >= 11 is 0. The minimum absolute atomic E-state index is 0.325. The Labute approximate surface area is 160 Å². The normalized spacial score (nSPS) is 22.5. The topological polar surface area (TPSA) is 51.6 Å². The summed E-state index contributed by atoms with van der Waals surface area (Å²) in [5, 5.41) is 3.52. The monoisotopic (exact) mass is 368 g/mol. The van der Waals surface area contributed by atoms with Gasteiger partial charge in [-0.25, -0.2) is 4.98 Å². The van der Waals surface area contributed by atoms with Gasteiger partial charge in [0.15, 0.2) is 11.5 Å². The quantitative estimate of drug-likeness (QED) is 0.850. The van der Waals surface area contributed by atoms with E-state index >= 15 is 0 Å². The molecule has 1 saturated heterocycles. The van der Waals surface area contributed by atoms with Gasteiger partial charge in [0.05, 0.1) is 6.54 Å². The van der Waals surface area contributed by atoms with Gasteiger partial charge in [0, 0.05) is 37.1 Å². The Morgan fingerprint density at radius 1 is 1.26 bits per heavy atom. The first-order chi connectivity index (χ1) is 13.3. The molecule has 144 valence electrons. The largest absolute Gasteiger partial charge is 0.454 e. The predicted molar refractivity (Wildman–Crippen MR) is 103 cm³/mol. The summed E-state index contributed by atoms with van der Waals surface area (Å²) < 4.78 is 13.6. The standard InChI is InChI=1S/C21H28N4O2/c1-2-24-11-10-23-19(24)14-25(18-12-21(18)6-8-22-9-7-21)13-16-4-3-5-17-20(16)27-15-26-17/h3-5,10-11,18,22H,2,6-9,12-15H2,1H3. The number of aromatic nitrogens is 2. The molecule has 6 nitrogen and oxygen atoms in total. The number of hydrogen-bond acceptors (Lipinski definition) is 5. The van der Waals surface area contributed by atoms with Gasteiger partial charge in [0.2, 0.25) is 6.79 Å². The van der Waals surface area contributed by atoms with Crippen LogP contribution in [0.2, 0.25) is 0 Å². The molecule has 1 N–H and O–H groups in total. The molecule has 0 bridgehead atoms. The van der Waals surface area contributed by atoms with Gasteiger partial charge in [-0.15, -0.1) is 0 Å². The Kier molecular flexibility index (Phi) is 4.32. The van der Waals surface area contributed by atoms with E-state index in [1.54, 1.807) is 0 Å². The van der Waals surface area contributed by atoms with Gasteiger partial charge in [0.25, 0.3) is 0 Å². The van der Waals surface area contributed by atoms with Crippen LogP contribution in [0.15, 0.2) is 30.6 Å². The van der Waals surface area contributed by atoms with Gasteiger partial charge < -0.3 is 19.4 Å². The van der Waals surface area contributed by atoms with Crippen LogP contribution in [0.4, 0.5) is 0 Å². The highest BCUT2D eigenvalue weighted by molar-refractivity contribution is 5.48. The van der Waals surface area contributed by atoms with Gasteiger partial charge in [-0.3, -0.25) is 4.90 Å². The van der Waals surface area contributed by atoms with Crippen LogP contribution in [-0.4, -0.2) is 40.4 Å². The molecule has 1 spiro atoms. The summed E-state index contributed by atoms with van der Waals surface area (Å²) in [6.07, 6.45) is 7.86. The number of aryl methyl sites for hydroxylation is 1. The van der Waals surface area contributed by atoms with Crippen LogP contribution in [0.5, 0.6) is 11.5 Å². The maximum absolute atomic E-state index is 5.77. The van der Waals surface area contributed by atoms with E-state index in [9.17, 15) is 0 Å². The maximum Gasteiger partial charge on any atom is 0.231 e. The van der Waals surface area contributed by atoms with Crippen LogP contribution < -0.4 is 14.8 Å². The van der Waals surface area contributed by atoms with Crippen LogP contribution in [0.25, 0.3) is 0 Å². The average Bonchev–Trinajstić information content (AvgIpc) is 3.07. The molecular weight excluding hydrogens is 340 g/mol. The van der Waals surface area contributed by atoms with E-state index in [1.807, 2.05) is 12.3 Å². The summed E-state index contributed by atoms with van der Waals surface area (Å²) in [7, 11) is 0. The number of benzene rings is 1. The first kappa shape index (κ1) is 17.1. The van der Waals surface area contributed by atoms with Crippen molar-refractivity contribution in [2.75, 3.05) is 19.9 Å². The summed E-state index contributed by atoms with van der Waals surface area (Å²) in [6.45, 7) is 7.51. The molecule has 3 aliphatic rings. The van der Waals surface area contributed by atoms with E-state index < -0.39 is 0 Å². The summed E-state index contributed by atoms with van der Waals surface area (Å²) in [5.41, 5.74) is 1.71. The fourth-order valence-electron chi connectivity index (χ4n) is 4.88. The second kappa shape index (κ2) is 6.84. The SMILES string of the molecule is CCn1ccnc1CN(Cc1cccc2c1OCO2)C1CC12CCNCC2. The number of nitrogens with one attached hydrogen (secondary N) is 1. The molecule has 3 heterocycles. The Balaban J connectivity index is 1.41. The van der Waals surface area contributed by atoms with Gasteiger partial charge >= 0.3 is 0 Å². The molecule has 2 fully saturated rings. The molecule has 1 saturated carbocycles. The fraction of sp³-hybridized carbons (Fsp3) is 0.571. The maximum atomic E-state index is 5.77. The van der Waals surface area contributed by atoms with Crippen molar-refractivity contribution in [1.29, 1.82) is 0 Å². The minimum Gasteiger partial charge on any atom is -0.454 e. The summed E-state index contributed by atoms with van der Waals surface area (Å²) in [5.74, 6) is 2.94. The highest BCUT2D eigenvalue weighted by Crippen LogP contribution is 2.56. The van der Waals surface area contributed by atoms with E-state index in [0.29, 0.717) is 18.2 Å². The Bertz CT molecular complexity index is 812. The number of rotatable bonds is 6. The molecular formula is C21H28N4O2. The first-order valence-corrected chi connectivity index (χ1v) is 10.1. The number of fused-ring (bicyclic) bond motifs is 1. The van der Waals surface area contributed by atoms with E-state index in [2.05, 4.69) is 45.0 Å². The number of para-hydroxylation sites is 1. The van der Waals surface area contributed by atoms with E-state index in [0.717, 1.165) is 50.0 Å². The van der Waals surface area contributed by atoms with Gasteiger partial charge in [0.1, 0.15) is 5.82 Å². The van der Waals surface area contributed by atoms with E-state index in [-0.39, 0.29) is 0 Å². The highest BCUT2D eigenvalue weighted by atomic mass is 16.7. The fourth-order valence-corrected chi connectivity index (χ4v) is 4.88. The zero-order valence-corrected chi connectivity index (χ0v) is 16.0. The van der Waals surface area contributed by atoms with E-state index in [1.165, 1.54) is 24.8 Å². The van der Waals surface area contributed by atoms with Crippen LogP contribution >= 0.6 is 0 Å². The molecule has 5 rings (SSSR count). The molecule has 0 amide bonds. The third kappa shape index (κ3) is 3.11. The second-order valence-electron chi connectivity index (χ2n) is 8.02. The summed E-state index contributed by atoms with van der Waals surface area (Å²) in [4.78, 5) is 7.26. The molecule has 1 aromatic carbocycles. The third-order valence-electron chi connectivity index (χ3n) is 6.53. The van der Waals surface area contributed by atoms with Crippen molar-refractivity contribution < 1.29 is 9.47 Å². The van der Waals surface area contributed by atoms with Crippen molar-refractivity contribution in [3.05, 3.63) is 42.0 Å². The van der Waals surface area contributed by atoms with Crippen molar-refractivity contribution in [3.8, 4) is 11.5 Å². The zero-order chi connectivity index (χ0) is 18.3. The molecule has 1 atom stereocenters. The lowest BCUT2D eigenvalue weighted by atomic mass is 9.93. The highest BCUT2D eigenvalue weighted by Gasteiger charge is 2.56. The smallest absolute Gasteiger partial charge is 0.231 e. The molecule has 1 aliphatic carbocycles.